The fourth-order valence-electron chi connectivity index (χ4n) is 3.13. The molecular formula is C17H27ClN2O. The molecule has 0 bridgehead atoms. The lowest BCUT2D eigenvalue weighted by Gasteiger charge is -2.35. The molecule has 1 heterocycles. The molecule has 4 heteroatoms. The van der Waals surface area contributed by atoms with E-state index >= 15 is 0 Å². The van der Waals surface area contributed by atoms with Gasteiger partial charge in [0, 0.05) is 11.7 Å². The Morgan fingerprint density at radius 2 is 2.10 bits per heavy atom. The Morgan fingerprint density at radius 3 is 2.67 bits per heavy atom. The van der Waals surface area contributed by atoms with Gasteiger partial charge in [-0.25, -0.2) is 0 Å². The topological polar surface area (TPSA) is 24.5 Å². The van der Waals surface area contributed by atoms with Crippen molar-refractivity contribution < 1.29 is 4.74 Å². The maximum absolute atomic E-state index is 6.18. The maximum atomic E-state index is 6.18. The first-order chi connectivity index (χ1) is 10.1. The molecule has 1 aliphatic heterocycles. The summed E-state index contributed by atoms with van der Waals surface area (Å²) in [6, 6.07) is 6.37. The van der Waals surface area contributed by atoms with E-state index in [1.807, 2.05) is 18.2 Å². The highest BCUT2D eigenvalue weighted by molar-refractivity contribution is 6.32. The molecule has 1 aromatic rings. The van der Waals surface area contributed by atoms with E-state index in [4.69, 9.17) is 16.3 Å². The minimum atomic E-state index is 0.471. The Kier molecular flexibility index (Phi) is 6.19. The van der Waals surface area contributed by atoms with Crippen molar-refractivity contribution in [3.8, 4) is 5.75 Å². The summed E-state index contributed by atoms with van der Waals surface area (Å²) in [5.41, 5.74) is 1.07. The molecule has 2 rings (SSSR count). The molecule has 1 N–H and O–H groups in total. The van der Waals surface area contributed by atoms with Gasteiger partial charge in [0.25, 0.3) is 0 Å². The molecule has 1 aliphatic rings. The number of hydrogen-bond acceptors (Lipinski definition) is 3. The zero-order valence-corrected chi connectivity index (χ0v) is 14.1. The average Bonchev–Trinajstić information content (AvgIpc) is 2.48. The molecule has 118 valence electrons. The molecular weight excluding hydrogens is 284 g/mol. The van der Waals surface area contributed by atoms with Gasteiger partial charge in [-0.3, -0.25) is 0 Å². The molecule has 0 radical (unpaired) electrons. The summed E-state index contributed by atoms with van der Waals surface area (Å²) >= 11 is 6.18. The van der Waals surface area contributed by atoms with Crippen molar-refractivity contribution in [2.24, 2.45) is 5.92 Å². The summed E-state index contributed by atoms with van der Waals surface area (Å²) in [6.07, 6.45) is 3.80. The Labute approximate surface area is 133 Å². The van der Waals surface area contributed by atoms with Crippen LogP contribution in [0.2, 0.25) is 5.02 Å². The van der Waals surface area contributed by atoms with E-state index in [2.05, 4.69) is 24.1 Å². The van der Waals surface area contributed by atoms with Crippen LogP contribution < -0.4 is 10.1 Å². The summed E-state index contributed by atoms with van der Waals surface area (Å²) in [6.45, 7) is 8.23. The average molecular weight is 311 g/mol. The van der Waals surface area contributed by atoms with E-state index in [1.54, 1.807) is 7.11 Å². The van der Waals surface area contributed by atoms with Crippen LogP contribution in [0, 0.1) is 5.92 Å². The Hall–Kier alpha value is -0.930. The number of benzene rings is 1. The summed E-state index contributed by atoms with van der Waals surface area (Å²) in [5.74, 6) is 1.46. The van der Waals surface area contributed by atoms with Crippen LogP contribution in [0.15, 0.2) is 18.2 Å². The van der Waals surface area contributed by atoms with E-state index in [0.717, 1.165) is 17.4 Å². The van der Waals surface area contributed by atoms with E-state index < -0.39 is 0 Å². The molecule has 21 heavy (non-hydrogen) atoms. The van der Waals surface area contributed by atoms with Gasteiger partial charge in [-0.05, 0) is 69.9 Å². The smallest absolute Gasteiger partial charge is 0.137 e. The zero-order valence-electron chi connectivity index (χ0n) is 13.4. The zero-order chi connectivity index (χ0) is 15.2. The van der Waals surface area contributed by atoms with Gasteiger partial charge in [0.2, 0.25) is 0 Å². The van der Waals surface area contributed by atoms with Gasteiger partial charge in [-0.1, -0.05) is 18.5 Å². The Bertz CT molecular complexity index is 444. The second-order valence-corrected chi connectivity index (χ2v) is 6.37. The SMILES string of the molecule is CCCN1CCC(C(C)Nc2ccc(OC)c(Cl)c2)CC1. The number of ether oxygens (including phenoxy) is 1. The third-order valence-electron chi connectivity index (χ3n) is 4.43. The van der Waals surface area contributed by atoms with Crippen LogP contribution in [0.5, 0.6) is 5.75 Å². The van der Waals surface area contributed by atoms with E-state index in [9.17, 15) is 0 Å². The van der Waals surface area contributed by atoms with E-state index in [1.165, 1.54) is 38.9 Å². The number of halogens is 1. The van der Waals surface area contributed by atoms with Crippen LogP contribution in [0.3, 0.4) is 0 Å². The standard InChI is InChI=1S/C17H27ClN2O/c1-4-9-20-10-7-14(8-11-20)13(2)19-15-5-6-17(21-3)16(18)12-15/h5-6,12-14,19H,4,7-11H2,1-3H3. The number of hydrogen-bond donors (Lipinski definition) is 1. The molecule has 1 unspecified atom stereocenters. The molecule has 3 nitrogen and oxygen atoms in total. The van der Waals surface area contributed by atoms with Crippen LogP contribution in [0.4, 0.5) is 5.69 Å². The first-order valence-electron chi connectivity index (χ1n) is 7.96. The van der Waals surface area contributed by atoms with Gasteiger partial charge in [0.05, 0.1) is 12.1 Å². The molecule has 1 aromatic carbocycles. The third kappa shape index (κ3) is 4.52. The largest absolute Gasteiger partial charge is 0.495 e. The van der Waals surface area contributed by atoms with Crippen LogP contribution in [-0.4, -0.2) is 37.7 Å². The molecule has 0 saturated carbocycles. The number of methoxy groups -OCH3 is 1. The second kappa shape index (κ2) is 7.90. The van der Waals surface area contributed by atoms with Crippen molar-refractivity contribution >= 4 is 17.3 Å². The van der Waals surface area contributed by atoms with E-state index in [0.29, 0.717) is 11.1 Å². The highest BCUT2D eigenvalue weighted by Gasteiger charge is 2.23. The summed E-state index contributed by atoms with van der Waals surface area (Å²) < 4.78 is 5.19. The highest BCUT2D eigenvalue weighted by atomic mass is 35.5. The summed E-state index contributed by atoms with van der Waals surface area (Å²) in [5, 5.41) is 4.25. The van der Waals surface area contributed by atoms with Crippen molar-refractivity contribution in [1.82, 2.24) is 4.90 Å². The predicted octanol–water partition coefficient (Wildman–Crippen LogP) is 4.27. The van der Waals surface area contributed by atoms with Crippen molar-refractivity contribution in [3.05, 3.63) is 23.2 Å². The Balaban J connectivity index is 1.87. The maximum Gasteiger partial charge on any atom is 0.137 e. The molecule has 0 spiro atoms. The minimum absolute atomic E-state index is 0.471. The van der Waals surface area contributed by atoms with Crippen molar-refractivity contribution in [1.29, 1.82) is 0 Å². The van der Waals surface area contributed by atoms with Gasteiger partial charge < -0.3 is 15.0 Å². The van der Waals surface area contributed by atoms with Gasteiger partial charge in [-0.2, -0.15) is 0 Å². The molecule has 1 fully saturated rings. The van der Waals surface area contributed by atoms with Gasteiger partial charge in [-0.15, -0.1) is 0 Å². The lowest BCUT2D eigenvalue weighted by molar-refractivity contribution is 0.176. The number of nitrogens with one attached hydrogen (secondary N) is 1. The minimum Gasteiger partial charge on any atom is -0.495 e. The first kappa shape index (κ1) is 16.4. The molecule has 1 saturated heterocycles. The number of piperidine rings is 1. The molecule has 0 aliphatic carbocycles. The lowest BCUT2D eigenvalue weighted by atomic mass is 9.90. The van der Waals surface area contributed by atoms with Crippen molar-refractivity contribution in [2.45, 2.75) is 39.2 Å². The normalized spacial score (nSPS) is 18.5. The van der Waals surface area contributed by atoms with Gasteiger partial charge in [0.1, 0.15) is 5.75 Å². The number of rotatable bonds is 6. The quantitative estimate of drug-likeness (QED) is 0.849. The van der Waals surface area contributed by atoms with Crippen LogP contribution in [0.25, 0.3) is 0 Å². The number of anilines is 1. The van der Waals surface area contributed by atoms with Crippen molar-refractivity contribution in [2.75, 3.05) is 32.1 Å². The monoisotopic (exact) mass is 310 g/mol. The van der Waals surface area contributed by atoms with E-state index in [-0.39, 0.29) is 0 Å². The van der Waals surface area contributed by atoms with Crippen LogP contribution in [0.1, 0.15) is 33.1 Å². The van der Waals surface area contributed by atoms with Gasteiger partial charge in [0.15, 0.2) is 0 Å². The number of likely N-dealkylation sites (tertiary alicyclic amines) is 1. The third-order valence-corrected chi connectivity index (χ3v) is 4.72. The number of nitrogens with zero attached hydrogens (tertiary/aromatic N) is 1. The van der Waals surface area contributed by atoms with Crippen LogP contribution in [-0.2, 0) is 0 Å². The lowest BCUT2D eigenvalue weighted by Crippen LogP contribution is -2.39. The molecule has 0 amide bonds. The second-order valence-electron chi connectivity index (χ2n) is 5.96. The molecule has 0 aromatic heterocycles. The Morgan fingerprint density at radius 1 is 1.38 bits per heavy atom. The van der Waals surface area contributed by atoms with Crippen molar-refractivity contribution in [3.63, 3.8) is 0 Å². The highest BCUT2D eigenvalue weighted by Crippen LogP contribution is 2.29. The van der Waals surface area contributed by atoms with Crippen LogP contribution >= 0.6 is 11.6 Å². The molecule has 1 atom stereocenters. The summed E-state index contributed by atoms with van der Waals surface area (Å²) in [4.78, 5) is 2.58. The first-order valence-corrected chi connectivity index (χ1v) is 8.34. The predicted molar refractivity (Wildman–Crippen MR) is 90.5 cm³/mol. The summed E-state index contributed by atoms with van der Waals surface area (Å²) in [7, 11) is 1.64. The fraction of sp³-hybridized carbons (Fsp3) is 0.647. The van der Waals surface area contributed by atoms with Gasteiger partial charge >= 0.3 is 0 Å². The fourth-order valence-corrected chi connectivity index (χ4v) is 3.39.